The first-order valence-corrected chi connectivity index (χ1v) is 9.19. The van der Waals surface area contributed by atoms with Gasteiger partial charge in [0.1, 0.15) is 5.82 Å². The molecule has 0 bridgehead atoms. The van der Waals surface area contributed by atoms with E-state index in [0.717, 1.165) is 29.1 Å². The summed E-state index contributed by atoms with van der Waals surface area (Å²) in [5.41, 5.74) is 1.65. The highest BCUT2D eigenvalue weighted by molar-refractivity contribution is 14.0. The Bertz CT molecular complexity index is 887. The van der Waals surface area contributed by atoms with E-state index in [4.69, 9.17) is 0 Å². The lowest BCUT2D eigenvalue weighted by molar-refractivity contribution is 0.559. The van der Waals surface area contributed by atoms with E-state index in [1.54, 1.807) is 24.5 Å². The fourth-order valence-electron chi connectivity index (χ4n) is 3.09. The third kappa shape index (κ3) is 3.85. The number of aromatic nitrogens is 2. The molecule has 0 saturated heterocycles. The lowest BCUT2D eigenvalue weighted by Gasteiger charge is -2.19. The monoisotopic (exact) mass is 485 g/mol. The van der Waals surface area contributed by atoms with Crippen molar-refractivity contribution in [3.8, 4) is 0 Å². The number of guanidine groups is 1. The second-order valence-corrected chi connectivity index (χ2v) is 7.24. The Balaban J connectivity index is 0.00000196. The van der Waals surface area contributed by atoms with Gasteiger partial charge in [-0.2, -0.15) is 0 Å². The lowest BCUT2D eigenvalue weighted by atomic mass is 9.95. The van der Waals surface area contributed by atoms with Gasteiger partial charge >= 0.3 is 0 Å². The number of nitrogens with one attached hydrogen (secondary N) is 2. The average molecular weight is 485 g/mol. The maximum atomic E-state index is 14.1. The number of thiazole rings is 1. The predicted molar refractivity (Wildman–Crippen MR) is 114 cm³/mol. The van der Waals surface area contributed by atoms with E-state index in [1.165, 1.54) is 6.07 Å². The Morgan fingerprint density at radius 2 is 2.15 bits per heavy atom. The Kier molecular flexibility index (Phi) is 5.81. The van der Waals surface area contributed by atoms with Gasteiger partial charge in [0.2, 0.25) is 0 Å². The molecular formula is C18H21FIN5S. The summed E-state index contributed by atoms with van der Waals surface area (Å²) in [5, 5.41) is 8.62. The highest BCUT2D eigenvalue weighted by atomic mass is 127. The second-order valence-electron chi connectivity index (χ2n) is 6.36. The summed E-state index contributed by atoms with van der Waals surface area (Å²) in [6.07, 6.45) is 5.99. The summed E-state index contributed by atoms with van der Waals surface area (Å²) < 4.78 is 16.1. The van der Waals surface area contributed by atoms with Gasteiger partial charge in [-0.15, -0.1) is 35.3 Å². The molecule has 2 heterocycles. The fraction of sp³-hybridized carbons (Fsp3) is 0.333. The van der Waals surface area contributed by atoms with Crippen LogP contribution in [0.25, 0.3) is 4.96 Å². The van der Waals surface area contributed by atoms with E-state index in [1.807, 2.05) is 34.3 Å². The van der Waals surface area contributed by atoms with Crippen molar-refractivity contribution < 1.29 is 4.39 Å². The zero-order valence-corrected chi connectivity index (χ0v) is 17.6. The average Bonchev–Trinajstić information content (AvgIpc) is 3.10. The normalized spacial score (nSPS) is 15.5. The van der Waals surface area contributed by atoms with Crippen LogP contribution in [-0.2, 0) is 12.0 Å². The van der Waals surface area contributed by atoms with Gasteiger partial charge < -0.3 is 10.6 Å². The van der Waals surface area contributed by atoms with Gasteiger partial charge in [-0.05, 0) is 24.5 Å². The molecule has 1 aliphatic rings. The molecule has 4 rings (SSSR count). The van der Waals surface area contributed by atoms with Crippen molar-refractivity contribution in [3.05, 3.63) is 59.1 Å². The predicted octanol–water partition coefficient (Wildman–Crippen LogP) is 3.55. The van der Waals surface area contributed by atoms with Crippen LogP contribution in [0.2, 0.25) is 0 Å². The van der Waals surface area contributed by atoms with E-state index >= 15 is 0 Å². The number of fused-ring (bicyclic) bond motifs is 1. The van der Waals surface area contributed by atoms with Gasteiger partial charge in [0.15, 0.2) is 10.9 Å². The third-order valence-electron chi connectivity index (χ3n) is 4.70. The maximum Gasteiger partial charge on any atom is 0.193 e. The number of hydrogen-bond acceptors (Lipinski definition) is 3. The van der Waals surface area contributed by atoms with E-state index in [2.05, 4.69) is 20.6 Å². The van der Waals surface area contributed by atoms with Gasteiger partial charge in [0.05, 0.1) is 12.2 Å². The molecular weight excluding hydrogens is 464 g/mol. The van der Waals surface area contributed by atoms with E-state index in [9.17, 15) is 4.39 Å². The molecule has 0 aliphatic heterocycles. The van der Waals surface area contributed by atoms with Gasteiger partial charge in [0.25, 0.3) is 0 Å². The molecule has 8 heteroatoms. The van der Waals surface area contributed by atoms with Crippen molar-refractivity contribution >= 4 is 46.2 Å². The molecule has 1 saturated carbocycles. The molecule has 3 aromatic rings. The zero-order valence-electron chi connectivity index (χ0n) is 14.4. The molecule has 0 radical (unpaired) electrons. The summed E-state index contributed by atoms with van der Waals surface area (Å²) in [6, 6.07) is 7.05. The number of aliphatic imine (C=N–C) groups is 1. The number of benzene rings is 1. The highest BCUT2D eigenvalue weighted by Gasteiger charge is 2.45. The maximum absolute atomic E-state index is 14.1. The van der Waals surface area contributed by atoms with Crippen LogP contribution < -0.4 is 10.6 Å². The molecule has 1 fully saturated rings. The standard InChI is InChI=1S/C18H20FN5S.HI/c1-20-16(21-10-13-11-24-8-9-25-17(24)23-13)22-12-18(6-7-18)14-4-2-3-5-15(14)19;/h2-5,8-9,11H,6-7,10,12H2,1H3,(H2,20,21,22);1H. The van der Waals surface area contributed by atoms with Crippen LogP contribution in [0.1, 0.15) is 24.1 Å². The molecule has 0 unspecified atom stereocenters. The fourth-order valence-corrected chi connectivity index (χ4v) is 3.81. The quantitative estimate of drug-likeness (QED) is 0.330. The molecule has 0 spiro atoms. The summed E-state index contributed by atoms with van der Waals surface area (Å²) in [5.74, 6) is 0.585. The molecule has 2 aromatic heterocycles. The molecule has 5 nitrogen and oxygen atoms in total. The van der Waals surface area contributed by atoms with E-state index in [0.29, 0.717) is 19.0 Å². The van der Waals surface area contributed by atoms with Crippen LogP contribution in [0, 0.1) is 5.82 Å². The second kappa shape index (κ2) is 7.91. The number of halogens is 2. The Labute approximate surface area is 172 Å². The number of rotatable bonds is 5. The smallest absolute Gasteiger partial charge is 0.193 e. The minimum atomic E-state index is -0.122. The molecule has 2 N–H and O–H groups in total. The van der Waals surface area contributed by atoms with Gasteiger partial charge in [-0.3, -0.25) is 9.39 Å². The molecule has 1 aliphatic carbocycles. The lowest BCUT2D eigenvalue weighted by Crippen LogP contribution is -2.41. The molecule has 1 aromatic carbocycles. The van der Waals surface area contributed by atoms with Gasteiger partial charge in [-0.25, -0.2) is 9.37 Å². The van der Waals surface area contributed by atoms with Gasteiger partial charge in [-0.1, -0.05) is 18.2 Å². The first kappa shape index (κ1) is 19.1. The summed E-state index contributed by atoms with van der Waals surface area (Å²) in [7, 11) is 1.74. The van der Waals surface area contributed by atoms with Crippen molar-refractivity contribution in [1.82, 2.24) is 20.0 Å². The van der Waals surface area contributed by atoms with Crippen molar-refractivity contribution in [3.63, 3.8) is 0 Å². The molecule has 138 valence electrons. The van der Waals surface area contributed by atoms with Crippen LogP contribution in [0.15, 0.2) is 47.0 Å². The topological polar surface area (TPSA) is 53.7 Å². The van der Waals surface area contributed by atoms with Crippen molar-refractivity contribution in [2.24, 2.45) is 4.99 Å². The van der Waals surface area contributed by atoms with Crippen LogP contribution in [0.4, 0.5) is 4.39 Å². The van der Waals surface area contributed by atoms with Crippen molar-refractivity contribution in [1.29, 1.82) is 0 Å². The van der Waals surface area contributed by atoms with E-state index < -0.39 is 0 Å². The number of nitrogens with zero attached hydrogens (tertiary/aromatic N) is 3. The molecule has 0 amide bonds. The van der Waals surface area contributed by atoms with E-state index in [-0.39, 0.29) is 35.2 Å². The SMILES string of the molecule is CN=C(NCc1cn2ccsc2n1)NCC1(c2ccccc2F)CC1.I. The van der Waals surface area contributed by atoms with Crippen LogP contribution in [0.3, 0.4) is 0 Å². The van der Waals surface area contributed by atoms with Crippen LogP contribution in [-0.4, -0.2) is 28.9 Å². The summed E-state index contributed by atoms with van der Waals surface area (Å²) >= 11 is 1.61. The number of hydrogen-bond donors (Lipinski definition) is 2. The molecule has 0 atom stereocenters. The van der Waals surface area contributed by atoms with Gasteiger partial charge in [0, 0.05) is 36.8 Å². The van der Waals surface area contributed by atoms with Crippen molar-refractivity contribution in [2.75, 3.05) is 13.6 Å². The zero-order chi connectivity index (χ0) is 17.3. The first-order chi connectivity index (χ1) is 12.2. The number of imidazole rings is 1. The molecule has 26 heavy (non-hydrogen) atoms. The first-order valence-electron chi connectivity index (χ1n) is 8.31. The minimum absolute atomic E-state index is 0. The summed E-state index contributed by atoms with van der Waals surface area (Å²) in [6.45, 7) is 1.27. The Morgan fingerprint density at radius 3 is 2.85 bits per heavy atom. The minimum Gasteiger partial charge on any atom is -0.356 e. The largest absolute Gasteiger partial charge is 0.356 e. The van der Waals surface area contributed by atoms with Crippen LogP contribution >= 0.6 is 35.3 Å². The van der Waals surface area contributed by atoms with Crippen LogP contribution in [0.5, 0.6) is 0 Å². The van der Waals surface area contributed by atoms with Crippen molar-refractivity contribution in [2.45, 2.75) is 24.8 Å². The highest BCUT2D eigenvalue weighted by Crippen LogP contribution is 2.48. The third-order valence-corrected chi connectivity index (χ3v) is 5.47. The summed E-state index contributed by atoms with van der Waals surface area (Å²) in [4.78, 5) is 9.79. The Morgan fingerprint density at radius 1 is 1.35 bits per heavy atom. The Hall–Kier alpha value is -1.68.